The highest BCUT2D eigenvalue weighted by Crippen LogP contribution is 2.22. The minimum absolute atomic E-state index is 0.374. The normalized spacial score (nSPS) is 10.9. The van der Waals surface area contributed by atoms with Crippen LogP contribution in [-0.4, -0.2) is 9.78 Å². The van der Waals surface area contributed by atoms with Crippen molar-refractivity contribution in [2.24, 2.45) is 0 Å². The fraction of sp³-hybridized carbons (Fsp3) is 0.308. The van der Waals surface area contributed by atoms with Crippen LogP contribution in [0, 0.1) is 0 Å². The van der Waals surface area contributed by atoms with Crippen molar-refractivity contribution in [2.45, 2.75) is 26.4 Å². The second-order valence-electron chi connectivity index (χ2n) is 4.39. The Morgan fingerprint density at radius 3 is 2.44 bits per heavy atom. The lowest BCUT2D eigenvalue weighted by molar-refractivity contribution is 0.527. The van der Waals surface area contributed by atoms with Crippen LogP contribution in [0.1, 0.15) is 25.6 Å². The van der Waals surface area contributed by atoms with Crippen LogP contribution in [0.15, 0.2) is 30.5 Å². The number of rotatable bonds is 4. The third-order valence-electron chi connectivity index (χ3n) is 2.53. The molecule has 0 saturated heterocycles. The molecule has 18 heavy (non-hydrogen) atoms. The lowest BCUT2D eigenvalue weighted by atomic mass is 10.3. The van der Waals surface area contributed by atoms with E-state index in [1.165, 1.54) is 0 Å². The molecule has 0 saturated carbocycles. The van der Waals surface area contributed by atoms with Crippen molar-refractivity contribution in [3.63, 3.8) is 0 Å². The van der Waals surface area contributed by atoms with Gasteiger partial charge in [-0.2, -0.15) is 5.10 Å². The molecule has 5 heteroatoms. The van der Waals surface area contributed by atoms with E-state index in [4.69, 9.17) is 23.2 Å². The third kappa shape index (κ3) is 3.40. The Kier molecular flexibility index (Phi) is 4.15. The quantitative estimate of drug-likeness (QED) is 0.902. The Morgan fingerprint density at radius 2 is 1.89 bits per heavy atom. The SMILES string of the molecule is CC(C)n1ccc(CNc2cc(Cl)cc(Cl)c2)n1. The van der Waals surface area contributed by atoms with Gasteiger partial charge in [-0.05, 0) is 38.1 Å². The molecule has 0 aliphatic rings. The molecule has 3 nitrogen and oxygen atoms in total. The first kappa shape index (κ1) is 13.2. The van der Waals surface area contributed by atoms with E-state index in [0.717, 1.165) is 11.4 Å². The summed E-state index contributed by atoms with van der Waals surface area (Å²) in [6.45, 7) is 4.85. The third-order valence-corrected chi connectivity index (χ3v) is 2.97. The summed E-state index contributed by atoms with van der Waals surface area (Å²) in [5.74, 6) is 0. The van der Waals surface area contributed by atoms with Gasteiger partial charge in [-0.3, -0.25) is 4.68 Å². The second-order valence-corrected chi connectivity index (χ2v) is 5.27. The minimum atomic E-state index is 0.374. The highest BCUT2D eigenvalue weighted by atomic mass is 35.5. The Bertz CT molecular complexity index is 515. The van der Waals surface area contributed by atoms with Gasteiger partial charge in [0.05, 0.1) is 12.2 Å². The Hall–Kier alpha value is -1.19. The topological polar surface area (TPSA) is 29.9 Å². The van der Waals surface area contributed by atoms with Gasteiger partial charge in [-0.1, -0.05) is 23.2 Å². The molecule has 0 atom stereocenters. The second kappa shape index (κ2) is 5.63. The molecule has 96 valence electrons. The van der Waals surface area contributed by atoms with Crippen LogP contribution >= 0.6 is 23.2 Å². The van der Waals surface area contributed by atoms with Gasteiger partial charge < -0.3 is 5.32 Å². The predicted molar refractivity (Wildman–Crippen MR) is 76.4 cm³/mol. The van der Waals surface area contributed by atoms with Gasteiger partial charge in [-0.15, -0.1) is 0 Å². The number of benzene rings is 1. The summed E-state index contributed by atoms with van der Waals surface area (Å²) in [6.07, 6.45) is 1.98. The van der Waals surface area contributed by atoms with E-state index in [1.807, 2.05) is 29.1 Å². The molecule has 0 amide bonds. The number of halogens is 2. The number of nitrogens with zero attached hydrogens (tertiary/aromatic N) is 2. The summed E-state index contributed by atoms with van der Waals surface area (Å²) >= 11 is 11.9. The molecule has 0 spiro atoms. The lowest BCUT2D eigenvalue weighted by Gasteiger charge is -2.06. The van der Waals surface area contributed by atoms with Gasteiger partial charge >= 0.3 is 0 Å². The average molecular weight is 284 g/mol. The van der Waals surface area contributed by atoms with Gasteiger partial charge in [0.1, 0.15) is 0 Å². The zero-order valence-electron chi connectivity index (χ0n) is 10.3. The largest absolute Gasteiger partial charge is 0.379 e. The first-order chi connectivity index (χ1) is 8.54. The van der Waals surface area contributed by atoms with Gasteiger partial charge in [0, 0.05) is 28.0 Å². The van der Waals surface area contributed by atoms with Crippen molar-refractivity contribution in [1.82, 2.24) is 9.78 Å². The van der Waals surface area contributed by atoms with E-state index < -0.39 is 0 Å². The van der Waals surface area contributed by atoms with E-state index in [2.05, 4.69) is 24.3 Å². The van der Waals surface area contributed by atoms with Crippen LogP contribution in [0.5, 0.6) is 0 Å². The molecule has 1 aromatic heterocycles. The number of hydrogen-bond acceptors (Lipinski definition) is 2. The molecule has 1 heterocycles. The van der Waals surface area contributed by atoms with E-state index in [9.17, 15) is 0 Å². The molecule has 0 unspecified atom stereocenters. The molecular weight excluding hydrogens is 269 g/mol. The highest BCUT2D eigenvalue weighted by Gasteiger charge is 2.03. The fourth-order valence-electron chi connectivity index (χ4n) is 1.61. The maximum absolute atomic E-state index is 5.93. The fourth-order valence-corrected chi connectivity index (χ4v) is 2.13. The van der Waals surface area contributed by atoms with Gasteiger partial charge in [0.15, 0.2) is 0 Å². The summed E-state index contributed by atoms with van der Waals surface area (Å²) < 4.78 is 1.93. The van der Waals surface area contributed by atoms with Gasteiger partial charge in [0.2, 0.25) is 0 Å². The Labute approximate surface area is 117 Å². The summed E-state index contributed by atoms with van der Waals surface area (Å²) in [7, 11) is 0. The molecule has 0 bridgehead atoms. The van der Waals surface area contributed by atoms with Gasteiger partial charge in [0.25, 0.3) is 0 Å². The summed E-state index contributed by atoms with van der Waals surface area (Å²) in [5.41, 5.74) is 1.88. The van der Waals surface area contributed by atoms with Crippen molar-refractivity contribution in [2.75, 3.05) is 5.32 Å². The van der Waals surface area contributed by atoms with Gasteiger partial charge in [-0.25, -0.2) is 0 Å². The number of hydrogen-bond donors (Lipinski definition) is 1. The molecule has 0 fully saturated rings. The minimum Gasteiger partial charge on any atom is -0.379 e. The average Bonchev–Trinajstić information content (AvgIpc) is 2.73. The standard InChI is InChI=1S/C13H15Cl2N3/c1-9(2)18-4-3-12(17-18)8-16-13-6-10(14)5-11(15)7-13/h3-7,9,16H,8H2,1-2H3. The van der Waals surface area contributed by atoms with Crippen LogP contribution in [0.3, 0.4) is 0 Å². The summed E-state index contributed by atoms with van der Waals surface area (Å²) in [5, 5.41) is 8.95. The highest BCUT2D eigenvalue weighted by molar-refractivity contribution is 6.35. The molecule has 0 aliphatic carbocycles. The smallest absolute Gasteiger partial charge is 0.0815 e. The molecule has 1 N–H and O–H groups in total. The number of anilines is 1. The van der Waals surface area contributed by atoms with Crippen molar-refractivity contribution < 1.29 is 0 Å². The monoisotopic (exact) mass is 283 g/mol. The van der Waals surface area contributed by atoms with Crippen molar-refractivity contribution >= 4 is 28.9 Å². The van der Waals surface area contributed by atoms with Crippen molar-refractivity contribution in [3.05, 3.63) is 46.2 Å². The summed E-state index contributed by atoms with van der Waals surface area (Å²) in [6, 6.07) is 7.76. The molecule has 0 radical (unpaired) electrons. The zero-order chi connectivity index (χ0) is 13.1. The van der Waals surface area contributed by atoms with Crippen molar-refractivity contribution in [1.29, 1.82) is 0 Å². The molecule has 0 aliphatic heterocycles. The van der Waals surface area contributed by atoms with E-state index in [-0.39, 0.29) is 0 Å². The maximum atomic E-state index is 5.93. The maximum Gasteiger partial charge on any atom is 0.0815 e. The van der Waals surface area contributed by atoms with Crippen LogP contribution in [0.25, 0.3) is 0 Å². The Balaban J connectivity index is 2.02. The predicted octanol–water partition coefficient (Wildman–Crippen LogP) is 4.38. The lowest BCUT2D eigenvalue weighted by Crippen LogP contribution is -2.04. The number of nitrogens with one attached hydrogen (secondary N) is 1. The first-order valence-corrected chi connectivity index (χ1v) is 6.54. The van der Waals surface area contributed by atoms with Crippen LogP contribution < -0.4 is 5.32 Å². The summed E-state index contributed by atoms with van der Waals surface area (Å²) in [4.78, 5) is 0. The molecule has 2 rings (SSSR count). The Morgan fingerprint density at radius 1 is 1.22 bits per heavy atom. The van der Waals surface area contributed by atoms with E-state index in [0.29, 0.717) is 22.6 Å². The van der Waals surface area contributed by atoms with Crippen LogP contribution in [-0.2, 0) is 6.54 Å². The van der Waals surface area contributed by atoms with Crippen LogP contribution in [0.4, 0.5) is 5.69 Å². The number of aromatic nitrogens is 2. The zero-order valence-corrected chi connectivity index (χ0v) is 11.8. The van der Waals surface area contributed by atoms with E-state index in [1.54, 1.807) is 6.07 Å². The first-order valence-electron chi connectivity index (χ1n) is 5.78. The van der Waals surface area contributed by atoms with Crippen molar-refractivity contribution in [3.8, 4) is 0 Å². The molecule has 1 aromatic carbocycles. The van der Waals surface area contributed by atoms with Crippen LogP contribution in [0.2, 0.25) is 10.0 Å². The molecular formula is C13H15Cl2N3. The van der Waals surface area contributed by atoms with E-state index >= 15 is 0 Å². The molecule has 2 aromatic rings.